The Kier molecular flexibility index (Phi) is 4.49. The molecular weight excluding hydrogens is 278 g/mol. The van der Waals surface area contributed by atoms with Gasteiger partial charge in [-0.25, -0.2) is 0 Å². The summed E-state index contributed by atoms with van der Waals surface area (Å²) in [5.41, 5.74) is 1.94. The maximum atomic E-state index is 6.06. The number of aromatic amines is 1. The number of nitrogens with zero attached hydrogens (tertiary/aromatic N) is 2. The molecule has 1 N–H and O–H groups in total. The van der Waals surface area contributed by atoms with Crippen LogP contribution in [0.2, 0.25) is 30.7 Å². The molecular formula is C13H20ClN3OSi. The Bertz CT molecular complexity index is 516. The maximum absolute atomic E-state index is 6.06. The van der Waals surface area contributed by atoms with E-state index in [2.05, 4.69) is 29.8 Å². The Hall–Kier alpha value is -1.04. The van der Waals surface area contributed by atoms with Crippen molar-refractivity contribution in [1.82, 2.24) is 14.8 Å². The Labute approximate surface area is 119 Å². The molecule has 0 spiro atoms. The standard InChI is InChI=1S/C13H20ClN3OSi/c1-19(2,3)7-6-18-10-17-9-11(14)8-13(17)12-4-5-15-16-12/h4-5,8-9H,6-7,10H2,1-3H3,(H,15,16). The van der Waals surface area contributed by atoms with Crippen LogP contribution in [-0.2, 0) is 11.5 Å². The average Bonchev–Trinajstić information content (AvgIpc) is 2.91. The van der Waals surface area contributed by atoms with E-state index < -0.39 is 8.07 Å². The summed E-state index contributed by atoms with van der Waals surface area (Å²) in [5.74, 6) is 0. The molecule has 0 bridgehead atoms. The summed E-state index contributed by atoms with van der Waals surface area (Å²) in [6.45, 7) is 8.36. The normalized spacial score (nSPS) is 12.0. The molecule has 2 aromatic rings. The highest BCUT2D eigenvalue weighted by molar-refractivity contribution is 6.76. The number of hydrogen-bond donors (Lipinski definition) is 1. The largest absolute Gasteiger partial charge is 0.361 e. The molecule has 0 amide bonds. The predicted molar refractivity (Wildman–Crippen MR) is 81.1 cm³/mol. The molecule has 4 nitrogen and oxygen atoms in total. The molecule has 0 aromatic carbocycles. The minimum atomic E-state index is -1.03. The van der Waals surface area contributed by atoms with Crippen molar-refractivity contribution >= 4 is 19.7 Å². The third-order valence-corrected chi connectivity index (χ3v) is 4.78. The highest BCUT2D eigenvalue weighted by Crippen LogP contribution is 2.23. The summed E-state index contributed by atoms with van der Waals surface area (Å²) < 4.78 is 7.75. The molecule has 0 radical (unpaired) electrons. The fraction of sp³-hybridized carbons (Fsp3) is 0.462. The van der Waals surface area contributed by atoms with Crippen molar-refractivity contribution in [1.29, 1.82) is 0 Å². The first-order valence-electron chi connectivity index (χ1n) is 6.39. The second-order valence-electron chi connectivity index (χ2n) is 5.83. The van der Waals surface area contributed by atoms with E-state index in [0.717, 1.165) is 18.0 Å². The average molecular weight is 298 g/mol. The second kappa shape index (κ2) is 5.94. The van der Waals surface area contributed by atoms with Gasteiger partial charge in [0.05, 0.1) is 16.4 Å². The van der Waals surface area contributed by atoms with E-state index in [1.54, 1.807) is 6.20 Å². The van der Waals surface area contributed by atoms with Gasteiger partial charge in [-0.3, -0.25) is 5.10 Å². The maximum Gasteiger partial charge on any atom is 0.123 e. The smallest absolute Gasteiger partial charge is 0.123 e. The van der Waals surface area contributed by atoms with Gasteiger partial charge in [0.2, 0.25) is 0 Å². The molecule has 0 fully saturated rings. The summed E-state index contributed by atoms with van der Waals surface area (Å²) >= 11 is 6.06. The Morgan fingerprint density at radius 3 is 2.84 bits per heavy atom. The van der Waals surface area contributed by atoms with Gasteiger partial charge < -0.3 is 9.30 Å². The number of nitrogens with one attached hydrogen (secondary N) is 1. The molecule has 0 aliphatic rings. The van der Waals surface area contributed by atoms with E-state index >= 15 is 0 Å². The van der Waals surface area contributed by atoms with Crippen LogP contribution in [0.25, 0.3) is 11.4 Å². The number of H-pyrrole nitrogens is 1. The molecule has 0 aliphatic carbocycles. The van der Waals surface area contributed by atoms with Gasteiger partial charge in [-0.2, -0.15) is 5.10 Å². The third-order valence-electron chi connectivity index (χ3n) is 2.87. The van der Waals surface area contributed by atoms with E-state index in [1.807, 2.05) is 22.9 Å². The molecule has 2 heterocycles. The van der Waals surface area contributed by atoms with Crippen LogP contribution in [0.1, 0.15) is 0 Å². The lowest BCUT2D eigenvalue weighted by Gasteiger charge is -2.16. The first-order chi connectivity index (χ1) is 8.96. The zero-order valence-corrected chi connectivity index (χ0v) is 13.4. The minimum absolute atomic E-state index is 0.519. The molecule has 0 aliphatic heterocycles. The summed E-state index contributed by atoms with van der Waals surface area (Å²) in [6, 6.07) is 5.00. The molecule has 19 heavy (non-hydrogen) atoms. The minimum Gasteiger partial charge on any atom is -0.361 e. The first-order valence-corrected chi connectivity index (χ1v) is 10.5. The van der Waals surface area contributed by atoms with E-state index in [1.165, 1.54) is 6.04 Å². The quantitative estimate of drug-likeness (QED) is 0.650. The number of aromatic nitrogens is 3. The fourth-order valence-electron chi connectivity index (χ4n) is 1.75. The molecule has 0 saturated heterocycles. The van der Waals surface area contributed by atoms with Crippen molar-refractivity contribution in [3.05, 3.63) is 29.5 Å². The Morgan fingerprint density at radius 1 is 1.42 bits per heavy atom. The topological polar surface area (TPSA) is 42.8 Å². The zero-order chi connectivity index (χ0) is 13.9. The van der Waals surface area contributed by atoms with Crippen LogP contribution in [0, 0.1) is 0 Å². The van der Waals surface area contributed by atoms with E-state index in [0.29, 0.717) is 11.8 Å². The van der Waals surface area contributed by atoms with Gasteiger partial charge in [-0.1, -0.05) is 31.2 Å². The summed E-state index contributed by atoms with van der Waals surface area (Å²) in [5, 5.41) is 7.61. The third kappa shape index (κ3) is 4.23. The highest BCUT2D eigenvalue weighted by atomic mass is 35.5. The van der Waals surface area contributed by atoms with Crippen LogP contribution in [0.4, 0.5) is 0 Å². The van der Waals surface area contributed by atoms with Gasteiger partial charge >= 0.3 is 0 Å². The van der Waals surface area contributed by atoms with Gasteiger partial charge in [0.1, 0.15) is 6.73 Å². The van der Waals surface area contributed by atoms with Crippen LogP contribution in [0.15, 0.2) is 24.5 Å². The SMILES string of the molecule is C[Si](C)(C)CCOCn1cc(Cl)cc1-c1ccn[nH]1. The molecule has 0 saturated carbocycles. The van der Waals surface area contributed by atoms with E-state index in [4.69, 9.17) is 16.3 Å². The van der Waals surface area contributed by atoms with Crippen LogP contribution in [0.5, 0.6) is 0 Å². The molecule has 6 heteroatoms. The molecule has 104 valence electrons. The second-order valence-corrected chi connectivity index (χ2v) is 11.9. The monoisotopic (exact) mass is 297 g/mol. The molecule has 2 aromatic heterocycles. The lowest BCUT2D eigenvalue weighted by Crippen LogP contribution is -2.22. The van der Waals surface area contributed by atoms with Crippen molar-refractivity contribution in [3.8, 4) is 11.4 Å². The van der Waals surface area contributed by atoms with E-state index in [9.17, 15) is 0 Å². The van der Waals surface area contributed by atoms with Crippen molar-refractivity contribution in [2.24, 2.45) is 0 Å². The summed E-state index contributed by atoms with van der Waals surface area (Å²) in [7, 11) is -1.03. The summed E-state index contributed by atoms with van der Waals surface area (Å²) in [4.78, 5) is 0. The van der Waals surface area contributed by atoms with Gasteiger partial charge in [0, 0.05) is 27.1 Å². The predicted octanol–water partition coefficient (Wildman–Crippen LogP) is 3.84. The fourth-order valence-corrected chi connectivity index (χ4v) is 2.73. The molecule has 0 atom stereocenters. The lowest BCUT2D eigenvalue weighted by atomic mass is 10.3. The lowest BCUT2D eigenvalue weighted by molar-refractivity contribution is 0.0885. The van der Waals surface area contributed by atoms with Gasteiger partial charge in [-0.05, 0) is 18.2 Å². The summed E-state index contributed by atoms with van der Waals surface area (Å²) in [6.07, 6.45) is 3.61. The van der Waals surface area contributed by atoms with Crippen molar-refractivity contribution < 1.29 is 4.74 Å². The van der Waals surface area contributed by atoms with Crippen LogP contribution >= 0.6 is 11.6 Å². The highest BCUT2D eigenvalue weighted by Gasteiger charge is 2.13. The number of ether oxygens (including phenoxy) is 1. The van der Waals surface area contributed by atoms with Crippen LogP contribution in [0.3, 0.4) is 0 Å². The van der Waals surface area contributed by atoms with Gasteiger partial charge in [0.25, 0.3) is 0 Å². The van der Waals surface area contributed by atoms with Crippen molar-refractivity contribution in [2.45, 2.75) is 32.4 Å². The zero-order valence-electron chi connectivity index (χ0n) is 11.6. The number of rotatable bonds is 6. The van der Waals surface area contributed by atoms with E-state index in [-0.39, 0.29) is 0 Å². The van der Waals surface area contributed by atoms with Gasteiger partial charge in [-0.15, -0.1) is 0 Å². The number of halogens is 1. The van der Waals surface area contributed by atoms with Gasteiger partial charge in [0.15, 0.2) is 0 Å². The molecule has 0 unspecified atom stereocenters. The molecule has 2 rings (SSSR count). The van der Waals surface area contributed by atoms with Crippen molar-refractivity contribution in [3.63, 3.8) is 0 Å². The van der Waals surface area contributed by atoms with Crippen LogP contribution in [-0.4, -0.2) is 29.4 Å². The Balaban J connectivity index is 1.97. The van der Waals surface area contributed by atoms with Crippen LogP contribution < -0.4 is 0 Å². The Morgan fingerprint density at radius 2 is 2.21 bits per heavy atom. The number of hydrogen-bond acceptors (Lipinski definition) is 2. The first kappa shape index (κ1) is 14.4. The van der Waals surface area contributed by atoms with Crippen molar-refractivity contribution in [2.75, 3.05) is 6.61 Å².